The second-order valence-corrected chi connectivity index (χ2v) is 3.76. The van der Waals surface area contributed by atoms with Crippen LogP contribution in [-0.2, 0) is 11.2 Å². The van der Waals surface area contributed by atoms with E-state index in [1.807, 2.05) is 6.07 Å². The fourth-order valence-electron chi connectivity index (χ4n) is 1.75. The summed E-state index contributed by atoms with van der Waals surface area (Å²) in [6.07, 6.45) is 1.08. The summed E-state index contributed by atoms with van der Waals surface area (Å²) in [5, 5.41) is 13.6. The molecule has 1 aliphatic heterocycles. The molecule has 1 heterocycles. The summed E-state index contributed by atoms with van der Waals surface area (Å²) in [5.41, 5.74) is 2.22. The van der Waals surface area contributed by atoms with Gasteiger partial charge >= 0.3 is 0 Å². The van der Waals surface area contributed by atoms with Gasteiger partial charge in [0.25, 0.3) is 5.91 Å². The van der Waals surface area contributed by atoms with Crippen molar-refractivity contribution in [1.29, 1.82) is 5.26 Å². The monoisotopic (exact) mass is 229 g/mol. The molecule has 0 aromatic heterocycles. The van der Waals surface area contributed by atoms with Crippen LogP contribution in [0.5, 0.6) is 0 Å². The molecule has 2 amide bonds. The van der Waals surface area contributed by atoms with E-state index in [-0.39, 0.29) is 18.4 Å². The van der Waals surface area contributed by atoms with Crippen molar-refractivity contribution < 1.29 is 9.59 Å². The van der Waals surface area contributed by atoms with Gasteiger partial charge in [-0.1, -0.05) is 0 Å². The van der Waals surface area contributed by atoms with Gasteiger partial charge in [-0.25, -0.2) is 0 Å². The highest BCUT2D eigenvalue weighted by Gasteiger charge is 2.16. The average molecular weight is 229 g/mol. The number of carbonyl (C=O) groups excluding carboxylic acids is 2. The number of carbonyl (C=O) groups is 2. The standard InChI is InChI=1S/C12H11N3O2/c13-5-6-14-12(17)9-1-3-10-8(7-9)2-4-11(16)15-10/h1,3,7H,2,4,6H2,(H,14,17)(H,15,16). The first-order valence-electron chi connectivity index (χ1n) is 5.28. The molecule has 5 nitrogen and oxygen atoms in total. The quantitative estimate of drug-likeness (QED) is 0.737. The van der Waals surface area contributed by atoms with Crippen molar-refractivity contribution in [2.75, 3.05) is 11.9 Å². The van der Waals surface area contributed by atoms with E-state index < -0.39 is 0 Å². The molecule has 0 bridgehead atoms. The maximum Gasteiger partial charge on any atom is 0.252 e. The first-order valence-corrected chi connectivity index (χ1v) is 5.28. The molecule has 2 N–H and O–H groups in total. The van der Waals surface area contributed by atoms with Crippen LogP contribution >= 0.6 is 0 Å². The number of amides is 2. The zero-order valence-electron chi connectivity index (χ0n) is 9.12. The SMILES string of the molecule is N#CCNC(=O)c1ccc2c(c1)CCC(=O)N2. The fraction of sp³-hybridized carbons (Fsp3) is 0.250. The van der Waals surface area contributed by atoms with Gasteiger partial charge in [-0.15, -0.1) is 0 Å². The number of anilines is 1. The Kier molecular flexibility index (Phi) is 3.06. The maximum atomic E-state index is 11.6. The van der Waals surface area contributed by atoms with Crippen molar-refractivity contribution >= 4 is 17.5 Å². The lowest BCUT2D eigenvalue weighted by Crippen LogP contribution is -2.24. The van der Waals surface area contributed by atoms with Gasteiger partial charge in [0.2, 0.25) is 5.91 Å². The van der Waals surface area contributed by atoms with E-state index in [1.165, 1.54) is 0 Å². The van der Waals surface area contributed by atoms with Crippen molar-refractivity contribution in [2.24, 2.45) is 0 Å². The summed E-state index contributed by atoms with van der Waals surface area (Å²) >= 11 is 0. The Hall–Kier alpha value is -2.35. The fourth-order valence-corrected chi connectivity index (χ4v) is 1.75. The molecule has 1 aliphatic rings. The highest BCUT2D eigenvalue weighted by Crippen LogP contribution is 2.23. The minimum absolute atomic E-state index is 0.000757. The van der Waals surface area contributed by atoms with E-state index in [1.54, 1.807) is 18.2 Å². The molecular formula is C12H11N3O2. The molecule has 86 valence electrons. The van der Waals surface area contributed by atoms with Crippen LogP contribution < -0.4 is 10.6 Å². The van der Waals surface area contributed by atoms with Crippen molar-refractivity contribution in [3.8, 4) is 6.07 Å². The predicted molar refractivity (Wildman–Crippen MR) is 61.3 cm³/mol. The van der Waals surface area contributed by atoms with Crippen molar-refractivity contribution in [3.63, 3.8) is 0 Å². The van der Waals surface area contributed by atoms with Gasteiger partial charge in [-0.2, -0.15) is 5.26 Å². The number of aryl methyl sites for hydroxylation is 1. The number of nitrogens with one attached hydrogen (secondary N) is 2. The Morgan fingerprint density at radius 2 is 2.29 bits per heavy atom. The molecule has 17 heavy (non-hydrogen) atoms. The Morgan fingerprint density at radius 3 is 3.06 bits per heavy atom. The zero-order valence-corrected chi connectivity index (χ0v) is 9.12. The lowest BCUT2D eigenvalue weighted by molar-refractivity contribution is -0.116. The highest BCUT2D eigenvalue weighted by molar-refractivity contribution is 5.97. The van der Waals surface area contributed by atoms with Crippen LogP contribution in [0.25, 0.3) is 0 Å². The Bertz CT molecular complexity index is 517. The van der Waals surface area contributed by atoms with Crippen LogP contribution in [-0.4, -0.2) is 18.4 Å². The molecule has 0 aliphatic carbocycles. The summed E-state index contributed by atoms with van der Waals surface area (Å²) in [4.78, 5) is 22.8. The molecule has 0 atom stereocenters. The molecule has 0 saturated heterocycles. The van der Waals surface area contributed by atoms with E-state index in [4.69, 9.17) is 5.26 Å². The van der Waals surface area contributed by atoms with E-state index in [2.05, 4.69) is 10.6 Å². The van der Waals surface area contributed by atoms with E-state index in [0.717, 1.165) is 11.3 Å². The summed E-state index contributed by atoms with van der Waals surface area (Å²) in [5.74, 6) is -0.273. The smallest absolute Gasteiger partial charge is 0.252 e. The molecule has 5 heteroatoms. The first kappa shape index (κ1) is 11.1. The molecular weight excluding hydrogens is 218 g/mol. The van der Waals surface area contributed by atoms with E-state index in [9.17, 15) is 9.59 Å². The van der Waals surface area contributed by atoms with Gasteiger partial charge < -0.3 is 10.6 Å². The molecule has 2 rings (SSSR count). The van der Waals surface area contributed by atoms with Crippen LogP contribution in [0.4, 0.5) is 5.69 Å². The maximum absolute atomic E-state index is 11.6. The molecule has 0 unspecified atom stereocenters. The predicted octanol–water partition coefficient (Wildman–Crippen LogP) is 0.825. The topological polar surface area (TPSA) is 82.0 Å². The van der Waals surface area contributed by atoms with Crippen molar-refractivity contribution in [2.45, 2.75) is 12.8 Å². The lowest BCUT2D eigenvalue weighted by Gasteiger charge is -2.17. The van der Waals surface area contributed by atoms with Crippen LogP contribution in [0.15, 0.2) is 18.2 Å². The first-order chi connectivity index (χ1) is 8.20. The molecule has 0 fully saturated rings. The largest absolute Gasteiger partial charge is 0.339 e. The van der Waals surface area contributed by atoms with Crippen LogP contribution in [0, 0.1) is 11.3 Å². The normalized spacial score (nSPS) is 13.2. The minimum atomic E-state index is -0.272. The third-order valence-corrected chi connectivity index (χ3v) is 2.59. The van der Waals surface area contributed by atoms with E-state index >= 15 is 0 Å². The van der Waals surface area contributed by atoms with Gasteiger partial charge in [0.15, 0.2) is 0 Å². The van der Waals surface area contributed by atoms with Gasteiger partial charge in [-0.3, -0.25) is 9.59 Å². The van der Waals surface area contributed by atoms with Crippen LogP contribution in [0.1, 0.15) is 22.3 Å². The molecule has 0 radical (unpaired) electrons. The lowest BCUT2D eigenvalue weighted by atomic mass is 10.00. The van der Waals surface area contributed by atoms with E-state index in [0.29, 0.717) is 18.4 Å². The van der Waals surface area contributed by atoms with Crippen LogP contribution in [0.3, 0.4) is 0 Å². The number of hydrogen-bond donors (Lipinski definition) is 2. The van der Waals surface area contributed by atoms with Gasteiger partial charge in [0, 0.05) is 17.7 Å². The summed E-state index contributed by atoms with van der Waals surface area (Å²) in [7, 11) is 0. The van der Waals surface area contributed by atoms with Crippen LogP contribution in [0.2, 0.25) is 0 Å². The Balaban J connectivity index is 2.19. The minimum Gasteiger partial charge on any atom is -0.339 e. The van der Waals surface area contributed by atoms with Gasteiger partial charge in [0.1, 0.15) is 6.54 Å². The summed E-state index contributed by atoms with van der Waals surface area (Å²) < 4.78 is 0. The zero-order chi connectivity index (χ0) is 12.3. The Morgan fingerprint density at radius 1 is 1.47 bits per heavy atom. The second-order valence-electron chi connectivity index (χ2n) is 3.76. The van der Waals surface area contributed by atoms with Crippen molar-refractivity contribution in [3.05, 3.63) is 29.3 Å². The third kappa shape index (κ3) is 2.42. The number of nitrogens with zero attached hydrogens (tertiary/aromatic N) is 1. The number of fused-ring (bicyclic) bond motifs is 1. The van der Waals surface area contributed by atoms with Gasteiger partial charge in [-0.05, 0) is 30.2 Å². The summed E-state index contributed by atoms with van der Waals surface area (Å²) in [6, 6.07) is 6.95. The molecule has 1 aromatic carbocycles. The average Bonchev–Trinajstić information content (AvgIpc) is 2.35. The number of hydrogen-bond acceptors (Lipinski definition) is 3. The summed E-state index contributed by atoms with van der Waals surface area (Å²) in [6.45, 7) is -0.00729. The number of rotatable bonds is 2. The second kappa shape index (κ2) is 4.66. The van der Waals surface area contributed by atoms with Crippen molar-refractivity contribution in [1.82, 2.24) is 5.32 Å². The molecule has 0 spiro atoms. The number of benzene rings is 1. The Labute approximate surface area is 98.4 Å². The molecule has 0 saturated carbocycles. The van der Waals surface area contributed by atoms with Gasteiger partial charge in [0.05, 0.1) is 6.07 Å². The molecule has 1 aromatic rings. The highest BCUT2D eigenvalue weighted by atomic mass is 16.2. The third-order valence-electron chi connectivity index (χ3n) is 2.59. The number of nitriles is 1.